The molecule has 15 nitrogen and oxygen atoms in total. The molecular formula is C19H35N7O8. The van der Waals surface area contributed by atoms with E-state index in [1.165, 1.54) is 6.92 Å². The number of aliphatic hydroxyl groups is 1. The highest BCUT2D eigenvalue weighted by molar-refractivity contribution is 5.95. The van der Waals surface area contributed by atoms with Crippen LogP contribution in [0.4, 0.5) is 0 Å². The number of nitrogens with two attached hydrogens (primary N) is 4. The van der Waals surface area contributed by atoms with Crippen molar-refractivity contribution in [1.29, 1.82) is 0 Å². The van der Waals surface area contributed by atoms with Crippen LogP contribution in [0.15, 0.2) is 0 Å². The Labute approximate surface area is 196 Å². The van der Waals surface area contributed by atoms with Crippen LogP contribution in [0, 0.1) is 0 Å². The Balaban J connectivity index is 5.60. The molecule has 5 unspecified atom stereocenters. The Morgan fingerprint density at radius 3 is 1.74 bits per heavy atom. The molecular weight excluding hydrogens is 454 g/mol. The summed E-state index contributed by atoms with van der Waals surface area (Å²) in [5, 5.41) is 25.5. The van der Waals surface area contributed by atoms with E-state index in [1.807, 2.05) is 0 Å². The van der Waals surface area contributed by atoms with Crippen molar-refractivity contribution >= 4 is 35.5 Å². The van der Waals surface area contributed by atoms with Gasteiger partial charge in [0.2, 0.25) is 29.5 Å². The first-order valence-electron chi connectivity index (χ1n) is 10.6. The monoisotopic (exact) mass is 489 g/mol. The van der Waals surface area contributed by atoms with E-state index in [9.17, 15) is 39.0 Å². The highest BCUT2D eigenvalue weighted by Gasteiger charge is 2.31. The number of aliphatic carboxylic acids is 1. The lowest BCUT2D eigenvalue weighted by Crippen LogP contribution is -2.58. The molecule has 0 rings (SSSR count). The summed E-state index contributed by atoms with van der Waals surface area (Å²) in [6, 6.07) is -5.58. The number of unbranched alkanes of at least 4 members (excludes halogenated alkanes) is 1. The van der Waals surface area contributed by atoms with Crippen molar-refractivity contribution in [3.8, 4) is 0 Å². The highest BCUT2D eigenvalue weighted by atomic mass is 16.4. The summed E-state index contributed by atoms with van der Waals surface area (Å²) in [5.74, 6) is -5.87. The van der Waals surface area contributed by atoms with Crippen molar-refractivity contribution in [2.24, 2.45) is 22.9 Å². The van der Waals surface area contributed by atoms with Crippen molar-refractivity contribution in [3.05, 3.63) is 0 Å². The van der Waals surface area contributed by atoms with E-state index in [0.29, 0.717) is 19.4 Å². The predicted molar refractivity (Wildman–Crippen MR) is 118 cm³/mol. The zero-order valence-electron chi connectivity index (χ0n) is 19.0. The number of hydrogen-bond acceptors (Lipinski definition) is 9. The molecule has 194 valence electrons. The number of rotatable bonds is 17. The molecule has 0 heterocycles. The van der Waals surface area contributed by atoms with Crippen LogP contribution in [0.3, 0.4) is 0 Å². The van der Waals surface area contributed by atoms with E-state index in [2.05, 4.69) is 16.0 Å². The largest absolute Gasteiger partial charge is 0.480 e. The minimum absolute atomic E-state index is 0.0569. The van der Waals surface area contributed by atoms with Gasteiger partial charge >= 0.3 is 5.97 Å². The maximum Gasteiger partial charge on any atom is 0.326 e. The molecule has 0 aromatic rings. The van der Waals surface area contributed by atoms with Crippen molar-refractivity contribution in [3.63, 3.8) is 0 Å². The molecule has 0 bridgehead atoms. The van der Waals surface area contributed by atoms with E-state index in [0.717, 1.165) is 0 Å². The quantitative estimate of drug-likeness (QED) is 0.0882. The van der Waals surface area contributed by atoms with Crippen LogP contribution in [-0.2, 0) is 28.8 Å². The van der Waals surface area contributed by atoms with Crippen molar-refractivity contribution in [2.75, 3.05) is 6.54 Å². The van der Waals surface area contributed by atoms with Gasteiger partial charge in [-0.3, -0.25) is 24.0 Å². The van der Waals surface area contributed by atoms with Gasteiger partial charge in [0, 0.05) is 6.42 Å². The molecule has 0 aliphatic carbocycles. The van der Waals surface area contributed by atoms with Gasteiger partial charge in [-0.15, -0.1) is 0 Å². The van der Waals surface area contributed by atoms with Gasteiger partial charge in [-0.25, -0.2) is 4.79 Å². The van der Waals surface area contributed by atoms with E-state index in [1.54, 1.807) is 0 Å². The summed E-state index contributed by atoms with van der Waals surface area (Å²) in [6.45, 7) is 1.57. The fraction of sp³-hybridized carbons (Fsp3) is 0.684. The van der Waals surface area contributed by atoms with Crippen molar-refractivity contribution in [2.45, 2.75) is 75.7 Å². The van der Waals surface area contributed by atoms with Gasteiger partial charge in [0.1, 0.15) is 24.2 Å². The van der Waals surface area contributed by atoms with Crippen molar-refractivity contribution < 1.29 is 39.0 Å². The molecule has 0 aliphatic rings. The SMILES string of the molecule is CC(O)C(N)C(=O)NC(CCC(N)=O)C(=O)NC(CCCCN)C(=O)NC(CC(N)=O)C(=O)O. The molecule has 15 heteroatoms. The average Bonchev–Trinajstić information content (AvgIpc) is 2.73. The number of carbonyl (C=O) groups excluding carboxylic acids is 5. The second-order valence-corrected chi connectivity index (χ2v) is 7.75. The number of amides is 5. The van der Waals surface area contributed by atoms with Crippen LogP contribution in [0.25, 0.3) is 0 Å². The molecule has 5 atom stereocenters. The summed E-state index contributed by atoms with van der Waals surface area (Å²) < 4.78 is 0. The topological polar surface area (TPSA) is 283 Å². The molecule has 0 spiro atoms. The molecule has 34 heavy (non-hydrogen) atoms. The Hall–Kier alpha value is -3.30. The number of carbonyl (C=O) groups is 6. The highest BCUT2D eigenvalue weighted by Crippen LogP contribution is 2.06. The molecule has 13 N–H and O–H groups in total. The van der Waals surface area contributed by atoms with E-state index < -0.39 is 72.2 Å². The van der Waals surface area contributed by atoms with E-state index in [-0.39, 0.29) is 19.3 Å². The van der Waals surface area contributed by atoms with Gasteiger partial charge in [0.15, 0.2) is 0 Å². The van der Waals surface area contributed by atoms with Crippen LogP contribution in [0.5, 0.6) is 0 Å². The van der Waals surface area contributed by atoms with Gasteiger partial charge in [-0.05, 0) is 39.2 Å². The van der Waals surface area contributed by atoms with Gasteiger partial charge in [-0.1, -0.05) is 0 Å². The van der Waals surface area contributed by atoms with Gasteiger partial charge in [0.25, 0.3) is 0 Å². The zero-order chi connectivity index (χ0) is 26.4. The summed E-state index contributed by atoms with van der Waals surface area (Å²) in [4.78, 5) is 71.3. The third-order valence-corrected chi connectivity index (χ3v) is 4.73. The maximum atomic E-state index is 12.9. The number of carboxylic acids is 1. The summed E-state index contributed by atoms with van der Waals surface area (Å²) in [5.41, 5.74) is 21.1. The molecule has 5 amide bonds. The van der Waals surface area contributed by atoms with E-state index in [4.69, 9.17) is 22.9 Å². The number of primary amides is 2. The Morgan fingerprint density at radius 2 is 1.29 bits per heavy atom. The van der Waals surface area contributed by atoms with Crippen molar-refractivity contribution in [1.82, 2.24) is 16.0 Å². The predicted octanol–water partition coefficient (Wildman–Crippen LogP) is -4.50. The lowest BCUT2D eigenvalue weighted by molar-refractivity contribution is -0.143. The fourth-order valence-electron chi connectivity index (χ4n) is 2.75. The molecule has 0 fully saturated rings. The molecule has 0 radical (unpaired) electrons. The number of carboxylic acid groups (broad SMARTS) is 1. The van der Waals surface area contributed by atoms with E-state index >= 15 is 0 Å². The maximum absolute atomic E-state index is 12.9. The first-order chi connectivity index (χ1) is 15.8. The standard InChI is InChI=1S/C19H35N7O8/c1-9(27)15(23)18(32)25-11(5-6-13(21)28)17(31)24-10(4-2-3-7-20)16(30)26-12(19(33)34)8-14(22)29/h9-12,15,27H,2-8,20,23H2,1H3,(H2,21,28)(H2,22,29)(H,24,31)(H,25,32)(H,26,30)(H,33,34). The zero-order valence-corrected chi connectivity index (χ0v) is 19.0. The summed E-state index contributed by atoms with van der Waals surface area (Å²) in [6.07, 6.45) is -1.47. The average molecular weight is 490 g/mol. The fourth-order valence-corrected chi connectivity index (χ4v) is 2.75. The first-order valence-corrected chi connectivity index (χ1v) is 10.6. The van der Waals surface area contributed by atoms with Gasteiger partial charge in [0.05, 0.1) is 12.5 Å². The van der Waals surface area contributed by atoms with Crippen LogP contribution < -0.4 is 38.9 Å². The Bertz CT molecular complexity index is 746. The molecule has 0 aromatic carbocycles. The van der Waals surface area contributed by atoms with Gasteiger partial charge < -0.3 is 49.1 Å². The molecule has 0 aliphatic heterocycles. The third kappa shape index (κ3) is 12.1. The third-order valence-electron chi connectivity index (χ3n) is 4.73. The summed E-state index contributed by atoms with van der Waals surface area (Å²) >= 11 is 0. The lowest BCUT2D eigenvalue weighted by atomic mass is 10.0. The Morgan fingerprint density at radius 1 is 0.794 bits per heavy atom. The number of hydrogen-bond donors (Lipinski definition) is 9. The van der Waals surface area contributed by atoms with Crippen LogP contribution in [0.2, 0.25) is 0 Å². The lowest BCUT2D eigenvalue weighted by Gasteiger charge is -2.25. The van der Waals surface area contributed by atoms with Crippen LogP contribution in [-0.4, -0.2) is 82.5 Å². The normalized spacial score (nSPS) is 15.2. The molecule has 0 saturated carbocycles. The van der Waals surface area contributed by atoms with Crippen LogP contribution in [0.1, 0.15) is 45.4 Å². The second-order valence-electron chi connectivity index (χ2n) is 7.75. The first kappa shape index (κ1) is 30.7. The minimum atomic E-state index is -1.62. The Kier molecular flexibility index (Phi) is 14.0. The van der Waals surface area contributed by atoms with Gasteiger partial charge in [-0.2, -0.15) is 0 Å². The molecule has 0 aromatic heterocycles. The van der Waals surface area contributed by atoms with Crippen LogP contribution >= 0.6 is 0 Å². The molecule has 0 saturated heterocycles. The second kappa shape index (κ2) is 15.5. The minimum Gasteiger partial charge on any atom is -0.480 e. The number of aliphatic hydroxyl groups excluding tert-OH is 1. The smallest absolute Gasteiger partial charge is 0.326 e. The summed E-state index contributed by atoms with van der Waals surface area (Å²) in [7, 11) is 0. The number of nitrogens with one attached hydrogen (secondary N) is 3.